The minimum absolute atomic E-state index is 0.318. The van der Waals surface area contributed by atoms with Crippen LogP contribution in [0.15, 0.2) is 27.4 Å². The summed E-state index contributed by atoms with van der Waals surface area (Å²) >= 11 is 3.34. The second-order valence-electron chi connectivity index (χ2n) is 2.86. The van der Waals surface area contributed by atoms with Crippen molar-refractivity contribution in [3.8, 4) is 0 Å². The van der Waals surface area contributed by atoms with E-state index >= 15 is 0 Å². The van der Waals surface area contributed by atoms with Gasteiger partial charge < -0.3 is 4.42 Å². The Morgan fingerprint density at radius 2 is 2.31 bits per heavy atom. The Labute approximate surface area is 83.1 Å². The summed E-state index contributed by atoms with van der Waals surface area (Å²) in [6, 6.07) is 5.72. The van der Waals surface area contributed by atoms with E-state index in [0.29, 0.717) is 5.58 Å². The summed E-state index contributed by atoms with van der Waals surface area (Å²) in [6.07, 6.45) is 0. The fourth-order valence-electron chi connectivity index (χ4n) is 1.26. The third-order valence-electron chi connectivity index (χ3n) is 2.01. The largest absolute Gasteiger partial charge is 0.419 e. The quantitative estimate of drug-likeness (QED) is 0.717. The Morgan fingerprint density at radius 1 is 1.54 bits per heavy atom. The summed E-state index contributed by atoms with van der Waals surface area (Å²) in [7, 11) is 1.70. The molecule has 1 heterocycles. The standard InChI is InChI=1S/C9H8BrNO2/c1-11-7-3-2-6(5-10)4-8(7)13-9(11)12/h2-4H,5H2,1H3. The summed E-state index contributed by atoms with van der Waals surface area (Å²) in [4.78, 5) is 11.1. The van der Waals surface area contributed by atoms with Crippen molar-refractivity contribution in [2.75, 3.05) is 0 Å². The maximum absolute atomic E-state index is 11.1. The molecule has 2 rings (SSSR count). The first-order valence-electron chi connectivity index (χ1n) is 3.87. The molecular weight excluding hydrogens is 234 g/mol. The SMILES string of the molecule is Cn1c(=O)oc2cc(CBr)ccc21. The number of nitrogens with zero attached hydrogens (tertiary/aromatic N) is 1. The van der Waals surface area contributed by atoms with Crippen molar-refractivity contribution in [2.45, 2.75) is 5.33 Å². The summed E-state index contributed by atoms with van der Waals surface area (Å²) in [6.45, 7) is 0. The monoisotopic (exact) mass is 241 g/mol. The van der Waals surface area contributed by atoms with Crippen molar-refractivity contribution in [2.24, 2.45) is 7.05 Å². The molecule has 13 heavy (non-hydrogen) atoms. The van der Waals surface area contributed by atoms with Crippen LogP contribution in [0.5, 0.6) is 0 Å². The molecule has 0 aliphatic rings. The Bertz CT molecular complexity index is 498. The van der Waals surface area contributed by atoms with Crippen molar-refractivity contribution in [1.82, 2.24) is 4.57 Å². The molecule has 0 spiro atoms. The average Bonchev–Trinajstić information content (AvgIpc) is 2.42. The van der Waals surface area contributed by atoms with Gasteiger partial charge in [0.1, 0.15) is 0 Å². The van der Waals surface area contributed by atoms with Gasteiger partial charge in [0, 0.05) is 12.4 Å². The van der Waals surface area contributed by atoms with Gasteiger partial charge in [-0.2, -0.15) is 0 Å². The summed E-state index contributed by atoms with van der Waals surface area (Å²) in [5.41, 5.74) is 2.57. The lowest BCUT2D eigenvalue weighted by Crippen LogP contribution is -2.08. The molecule has 1 aromatic carbocycles. The van der Waals surface area contributed by atoms with Gasteiger partial charge in [-0.1, -0.05) is 22.0 Å². The first-order valence-corrected chi connectivity index (χ1v) is 4.99. The highest BCUT2D eigenvalue weighted by Crippen LogP contribution is 2.15. The van der Waals surface area contributed by atoms with Crippen LogP contribution in [-0.4, -0.2) is 4.57 Å². The van der Waals surface area contributed by atoms with Crippen LogP contribution in [0.3, 0.4) is 0 Å². The van der Waals surface area contributed by atoms with E-state index in [4.69, 9.17) is 4.42 Å². The van der Waals surface area contributed by atoms with Crippen molar-refractivity contribution in [3.63, 3.8) is 0 Å². The van der Waals surface area contributed by atoms with Gasteiger partial charge in [0.2, 0.25) is 0 Å². The molecule has 0 saturated carbocycles. The van der Waals surface area contributed by atoms with Crippen LogP contribution in [0.2, 0.25) is 0 Å². The van der Waals surface area contributed by atoms with Crippen LogP contribution in [-0.2, 0) is 12.4 Å². The summed E-state index contributed by atoms with van der Waals surface area (Å²) in [5.74, 6) is -0.318. The predicted molar refractivity (Wildman–Crippen MR) is 54.1 cm³/mol. The van der Waals surface area contributed by atoms with Crippen LogP contribution in [0.1, 0.15) is 5.56 Å². The fourth-order valence-corrected chi connectivity index (χ4v) is 1.61. The van der Waals surface area contributed by atoms with Gasteiger partial charge in [-0.3, -0.25) is 4.57 Å². The van der Waals surface area contributed by atoms with Crippen LogP contribution in [0, 0.1) is 0 Å². The van der Waals surface area contributed by atoms with Gasteiger partial charge in [0.25, 0.3) is 0 Å². The Kier molecular flexibility index (Phi) is 2.00. The number of hydrogen-bond donors (Lipinski definition) is 0. The Balaban J connectivity index is 2.80. The number of oxazole rings is 1. The predicted octanol–water partition coefficient (Wildman–Crippen LogP) is 2.03. The molecular formula is C9H8BrNO2. The molecule has 0 saturated heterocycles. The molecule has 1 aromatic heterocycles. The topological polar surface area (TPSA) is 35.1 Å². The zero-order chi connectivity index (χ0) is 9.42. The van der Waals surface area contributed by atoms with Crippen LogP contribution >= 0.6 is 15.9 Å². The molecule has 3 nitrogen and oxygen atoms in total. The number of aryl methyl sites for hydroxylation is 1. The minimum atomic E-state index is -0.318. The molecule has 0 bridgehead atoms. The van der Waals surface area contributed by atoms with Crippen LogP contribution in [0.25, 0.3) is 11.1 Å². The molecule has 0 atom stereocenters. The highest BCUT2D eigenvalue weighted by Gasteiger charge is 2.05. The maximum Gasteiger partial charge on any atom is 0.419 e. The minimum Gasteiger partial charge on any atom is -0.408 e. The number of hydrogen-bond acceptors (Lipinski definition) is 2. The van der Waals surface area contributed by atoms with E-state index in [1.54, 1.807) is 7.05 Å². The first-order chi connectivity index (χ1) is 6.22. The molecule has 4 heteroatoms. The molecule has 68 valence electrons. The first kappa shape index (κ1) is 8.56. The highest BCUT2D eigenvalue weighted by atomic mass is 79.9. The molecule has 0 fully saturated rings. The van der Waals surface area contributed by atoms with Gasteiger partial charge in [0.05, 0.1) is 5.52 Å². The van der Waals surface area contributed by atoms with Crippen molar-refractivity contribution in [1.29, 1.82) is 0 Å². The smallest absolute Gasteiger partial charge is 0.408 e. The zero-order valence-electron chi connectivity index (χ0n) is 7.08. The van der Waals surface area contributed by atoms with Gasteiger partial charge in [-0.05, 0) is 17.7 Å². The second kappa shape index (κ2) is 3.03. The Morgan fingerprint density at radius 3 is 3.00 bits per heavy atom. The number of aromatic nitrogens is 1. The van der Waals surface area contributed by atoms with Gasteiger partial charge >= 0.3 is 5.76 Å². The van der Waals surface area contributed by atoms with E-state index in [2.05, 4.69) is 15.9 Å². The fraction of sp³-hybridized carbons (Fsp3) is 0.222. The van der Waals surface area contributed by atoms with Crippen LogP contribution < -0.4 is 5.76 Å². The van der Waals surface area contributed by atoms with E-state index in [-0.39, 0.29) is 5.76 Å². The lowest BCUT2D eigenvalue weighted by atomic mass is 10.2. The highest BCUT2D eigenvalue weighted by molar-refractivity contribution is 9.08. The normalized spacial score (nSPS) is 10.9. The molecule has 0 unspecified atom stereocenters. The molecule has 0 radical (unpaired) electrons. The van der Waals surface area contributed by atoms with E-state index in [1.165, 1.54) is 4.57 Å². The maximum atomic E-state index is 11.1. The van der Waals surface area contributed by atoms with Crippen molar-refractivity contribution < 1.29 is 4.42 Å². The second-order valence-corrected chi connectivity index (χ2v) is 3.42. The van der Waals surface area contributed by atoms with Crippen molar-refractivity contribution in [3.05, 3.63) is 34.3 Å². The average molecular weight is 242 g/mol. The van der Waals surface area contributed by atoms with Gasteiger partial charge in [-0.15, -0.1) is 0 Å². The molecule has 0 aliphatic carbocycles. The van der Waals surface area contributed by atoms with E-state index in [9.17, 15) is 4.79 Å². The number of rotatable bonds is 1. The molecule has 2 aromatic rings. The number of benzene rings is 1. The molecule has 0 amide bonds. The summed E-state index contributed by atoms with van der Waals surface area (Å²) < 4.78 is 6.52. The van der Waals surface area contributed by atoms with E-state index in [1.807, 2.05) is 18.2 Å². The summed E-state index contributed by atoms with van der Waals surface area (Å²) in [5, 5.41) is 0.765. The molecule has 0 N–H and O–H groups in total. The van der Waals surface area contributed by atoms with Gasteiger partial charge in [0.15, 0.2) is 5.58 Å². The third kappa shape index (κ3) is 1.31. The lowest BCUT2D eigenvalue weighted by molar-refractivity contribution is 0.528. The molecule has 0 aliphatic heterocycles. The third-order valence-corrected chi connectivity index (χ3v) is 2.66. The van der Waals surface area contributed by atoms with Crippen LogP contribution in [0.4, 0.5) is 0 Å². The van der Waals surface area contributed by atoms with E-state index < -0.39 is 0 Å². The Hall–Kier alpha value is -1.03. The van der Waals surface area contributed by atoms with E-state index in [0.717, 1.165) is 16.4 Å². The van der Waals surface area contributed by atoms with Gasteiger partial charge in [-0.25, -0.2) is 4.79 Å². The lowest BCUT2D eigenvalue weighted by Gasteiger charge is -1.94. The van der Waals surface area contributed by atoms with Crippen molar-refractivity contribution >= 4 is 27.0 Å². The number of alkyl halides is 1. The number of halogens is 1. The number of fused-ring (bicyclic) bond motifs is 1. The zero-order valence-corrected chi connectivity index (χ0v) is 8.67.